The van der Waals surface area contributed by atoms with Crippen molar-refractivity contribution in [3.8, 4) is 11.5 Å². The molecule has 2 aromatic rings. The van der Waals surface area contributed by atoms with Crippen molar-refractivity contribution < 1.29 is 24.0 Å². The number of rotatable bonds is 3. The minimum absolute atomic E-state index is 0.0169. The molecule has 0 unspecified atom stereocenters. The number of halogens is 1. The Kier molecular flexibility index (Phi) is 4.90. The Morgan fingerprint density at radius 1 is 1.15 bits per heavy atom. The molecular weight excluding hydrogens is 366 g/mol. The number of hydrogen-bond acceptors (Lipinski definition) is 6. The fourth-order valence-electron chi connectivity index (χ4n) is 2.22. The molecule has 134 valence electrons. The third-order valence-corrected chi connectivity index (χ3v) is 3.82. The highest BCUT2D eigenvalue weighted by Gasteiger charge is 2.27. The number of carbonyl (C=O) groups is 2. The van der Waals surface area contributed by atoms with Crippen molar-refractivity contribution in [3.05, 3.63) is 63.2 Å². The highest BCUT2D eigenvalue weighted by Crippen LogP contribution is 2.30. The van der Waals surface area contributed by atoms with Crippen LogP contribution in [0.25, 0.3) is 0 Å². The molecule has 2 amide bonds. The first-order chi connectivity index (χ1) is 12.5. The summed E-state index contributed by atoms with van der Waals surface area (Å²) < 4.78 is 10.9. The van der Waals surface area contributed by atoms with Gasteiger partial charge in [0.1, 0.15) is 6.61 Å². The van der Waals surface area contributed by atoms with E-state index in [9.17, 15) is 19.7 Å². The maximum atomic E-state index is 12.1. The summed E-state index contributed by atoms with van der Waals surface area (Å²) in [6.45, 7) is -0.0169. The molecule has 0 radical (unpaired) electrons. The van der Waals surface area contributed by atoms with Crippen LogP contribution < -0.4 is 20.3 Å². The number of nitro groups is 1. The Balaban J connectivity index is 1.60. The Labute approximate surface area is 152 Å². The molecule has 0 spiro atoms. The molecule has 2 aromatic carbocycles. The highest BCUT2D eigenvalue weighted by atomic mass is 35.5. The van der Waals surface area contributed by atoms with Gasteiger partial charge < -0.3 is 9.47 Å². The molecule has 2 N–H and O–H groups in total. The molecule has 0 fully saturated rings. The van der Waals surface area contributed by atoms with E-state index in [1.165, 1.54) is 6.07 Å². The molecule has 0 bridgehead atoms. The SMILES string of the molecule is O=C(NNC(=O)[C@H]1COc2ccccc2O1)c1ccc([N+](=O)[O-])cc1Cl. The van der Waals surface area contributed by atoms with Gasteiger partial charge in [-0.3, -0.25) is 30.6 Å². The van der Waals surface area contributed by atoms with Crippen molar-refractivity contribution in [1.29, 1.82) is 0 Å². The lowest BCUT2D eigenvalue weighted by atomic mass is 10.2. The van der Waals surface area contributed by atoms with E-state index in [0.29, 0.717) is 11.5 Å². The van der Waals surface area contributed by atoms with Gasteiger partial charge in [-0.25, -0.2) is 0 Å². The smallest absolute Gasteiger partial charge is 0.283 e. The van der Waals surface area contributed by atoms with Crippen molar-refractivity contribution in [2.45, 2.75) is 6.10 Å². The van der Waals surface area contributed by atoms with Crippen molar-refractivity contribution >= 4 is 29.1 Å². The number of fused-ring (bicyclic) bond motifs is 1. The van der Waals surface area contributed by atoms with Crippen molar-refractivity contribution in [2.24, 2.45) is 0 Å². The summed E-state index contributed by atoms with van der Waals surface area (Å²) in [6.07, 6.45) is -0.947. The van der Waals surface area contributed by atoms with Gasteiger partial charge in [-0.15, -0.1) is 0 Å². The number of amides is 2. The number of nitro benzene ring substituents is 1. The van der Waals surface area contributed by atoms with E-state index < -0.39 is 22.8 Å². The Morgan fingerprint density at radius 3 is 2.58 bits per heavy atom. The first-order valence-corrected chi connectivity index (χ1v) is 7.76. The zero-order valence-electron chi connectivity index (χ0n) is 13.1. The van der Waals surface area contributed by atoms with Crippen LogP contribution in [0.3, 0.4) is 0 Å². The van der Waals surface area contributed by atoms with Crippen molar-refractivity contribution in [2.75, 3.05) is 6.61 Å². The van der Waals surface area contributed by atoms with Crippen LogP contribution in [-0.4, -0.2) is 29.4 Å². The number of nitrogens with zero attached hydrogens (tertiary/aromatic N) is 1. The average molecular weight is 378 g/mol. The second-order valence-corrected chi connectivity index (χ2v) is 5.64. The summed E-state index contributed by atoms with van der Waals surface area (Å²) in [6, 6.07) is 10.3. The van der Waals surface area contributed by atoms with Crippen LogP contribution in [0, 0.1) is 10.1 Å². The first kappa shape index (κ1) is 17.5. The number of hydrogen-bond donors (Lipinski definition) is 2. The Hall–Kier alpha value is -3.33. The van der Waals surface area contributed by atoms with E-state index in [2.05, 4.69) is 10.9 Å². The Morgan fingerprint density at radius 2 is 1.88 bits per heavy atom. The number of non-ortho nitro benzene ring substituents is 1. The average Bonchev–Trinajstić information content (AvgIpc) is 2.65. The summed E-state index contributed by atoms with van der Waals surface area (Å²) in [5, 5.41) is 10.6. The van der Waals surface area contributed by atoms with E-state index >= 15 is 0 Å². The van der Waals surface area contributed by atoms with E-state index in [-0.39, 0.29) is 22.9 Å². The molecule has 9 nitrogen and oxygen atoms in total. The predicted octanol–water partition coefficient (Wildman–Crippen LogP) is 1.85. The molecule has 0 aliphatic carbocycles. The molecule has 0 saturated heterocycles. The number of nitrogens with one attached hydrogen (secondary N) is 2. The number of ether oxygens (including phenoxy) is 2. The molecule has 1 aliphatic heterocycles. The van der Waals surface area contributed by atoms with Crippen LogP contribution in [0.2, 0.25) is 5.02 Å². The van der Waals surface area contributed by atoms with Gasteiger partial charge in [-0.05, 0) is 18.2 Å². The van der Waals surface area contributed by atoms with Crippen LogP contribution in [0.1, 0.15) is 10.4 Å². The maximum Gasteiger partial charge on any atom is 0.283 e. The summed E-state index contributed by atoms with van der Waals surface area (Å²) in [4.78, 5) is 34.2. The molecule has 0 saturated carbocycles. The fraction of sp³-hybridized carbons (Fsp3) is 0.125. The zero-order chi connectivity index (χ0) is 18.7. The van der Waals surface area contributed by atoms with Gasteiger partial charge in [0.2, 0.25) is 6.10 Å². The van der Waals surface area contributed by atoms with Crippen molar-refractivity contribution in [1.82, 2.24) is 10.9 Å². The lowest BCUT2D eigenvalue weighted by molar-refractivity contribution is -0.384. The standard InChI is InChI=1S/C16H12ClN3O6/c17-11-7-9(20(23)24)5-6-10(11)15(21)18-19-16(22)14-8-25-12-3-1-2-4-13(12)26-14/h1-7,14H,8H2,(H,18,21)(H,19,22)/t14-/m1/s1. The Bertz CT molecular complexity index is 888. The van der Waals surface area contributed by atoms with Crippen LogP contribution in [0.15, 0.2) is 42.5 Å². The third-order valence-electron chi connectivity index (χ3n) is 3.51. The van der Waals surface area contributed by atoms with E-state index in [0.717, 1.165) is 12.1 Å². The van der Waals surface area contributed by atoms with Gasteiger partial charge >= 0.3 is 0 Å². The van der Waals surface area contributed by atoms with Gasteiger partial charge in [0.25, 0.3) is 17.5 Å². The molecule has 1 aliphatic rings. The normalized spacial score (nSPS) is 15.0. The molecule has 10 heteroatoms. The minimum Gasteiger partial charge on any atom is -0.485 e. The molecule has 3 rings (SSSR count). The quantitative estimate of drug-likeness (QED) is 0.622. The lowest BCUT2D eigenvalue weighted by Gasteiger charge is -2.25. The van der Waals surface area contributed by atoms with Crippen LogP contribution in [0.4, 0.5) is 5.69 Å². The van der Waals surface area contributed by atoms with Crippen LogP contribution in [-0.2, 0) is 4.79 Å². The molecule has 1 atom stereocenters. The second kappa shape index (κ2) is 7.28. The highest BCUT2D eigenvalue weighted by molar-refractivity contribution is 6.34. The van der Waals surface area contributed by atoms with Crippen molar-refractivity contribution in [3.63, 3.8) is 0 Å². The van der Waals surface area contributed by atoms with Crippen LogP contribution in [0.5, 0.6) is 11.5 Å². The predicted molar refractivity (Wildman–Crippen MR) is 90.1 cm³/mol. The topological polar surface area (TPSA) is 120 Å². The second-order valence-electron chi connectivity index (χ2n) is 5.23. The molecule has 0 aromatic heterocycles. The first-order valence-electron chi connectivity index (χ1n) is 7.38. The van der Waals surface area contributed by atoms with Gasteiger partial charge in [-0.1, -0.05) is 23.7 Å². The van der Waals surface area contributed by atoms with Gasteiger partial charge in [0.05, 0.1) is 15.5 Å². The minimum atomic E-state index is -0.947. The molecule has 26 heavy (non-hydrogen) atoms. The largest absolute Gasteiger partial charge is 0.485 e. The number of carbonyl (C=O) groups excluding carboxylic acids is 2. The maximum absolute atomic E-state index is 12.1. The molecular formula is C16H12ClN3O6. The summed E-state index contributed by atoms with van der Waals surface area (Å²) >= 11 is 5.87. The summed E-state index contributed by atoms with van der Waals surface area (Å²) in [7, 11) is 0. The van der Waals surface area contributed by atoms with E-state index in [1.807, 2.05) is 0 Å². The zero-order valence-corrected chi connectivity index (χ0v) is 13.9. The third kappa shape index (κ3) is 3.67. The van der Waals surface area contributed by atoms with E-state index in [4.69, 9.17) is 21.1 Å². The summed E-state index contributed by atoms with van der Waals surface area (Å²) in [5.41, 5.74) is 4.12. The van der Waals surface area contributed by atoms with E-state index in [1.54, 1.807) is 24.3 Å². The number of benzene rings is 2. The number of hydrazine groups is 1. The van der Waals surface area contributed by atoms with Gasteiger partial charge in [0.15, 0.2) is 11.5 Å². The fourth-order valence-corrected chi connectivity index (χ4v) is 2.48. The lowest BCUT2D eigenvalue weighted by Crippen LogP contribution is -2.50. The summed E-state index contributed by atoms with van der Waals surface area (Å²) in [5.74, 6) is -0.400. The van der Waals surface area contributed by atoms with Gasteiger partial charge in [0, 0.05) is 12.1 Å². The molecule has 1 heterocycles. The van der Waals surface area contributed by atoms with Crippen LogP contribution >= 0.6 is 11.6 Å². The monoisotopic (exact) mass is 377 g/mol. The van der Waals surface area contributed by atoms with Gasteiger partial charge in [-0.2, -0.15) is 0 Å². The number of para-hydroxylation sites is 2.